The van der Waals surface area contributed by atoms with E-state index < -0.39 is 11.7 Å². The molecule has 0 saturated heterocycles. The Morgan fingerprint density at radius 2 is 2.06 bits per heavy atom. The second-order valence-corrected chi connectivity index (χ2v) is 4.90. The molecule has 0 unspecified atom stereocenters. The zero-order chi connectivity index (χ0) is 13.2. The van der Waals surface area contributed by atoms with Crippen molar-refractivity contribution in [3.8, 4) is 0 Å². The van der Waals surface area contributed by atoms with Crippen molar-refractivity contribution in [1.82, 2.24) is 4.98 Å². The van der Waals surface area contributed by atoms with Gasteiger partial charge in [0.15, 0.2) is 0 Å². The molecule has 0 spiro atoms. The molecule has 0 saturated carbocycles. The Hall–Kier alpha value is -1.36. The van der Waals surface area contributed by atoms with Crippen molar-refractivity contribution in [2.75, 3.05) is 0 Å². The lowest BCUT2D eigenvalue weighted by Crippen LogP contribution is -2.05. The Balaban J connectivity index is 2.19. The maximum atomic E-state index is 12.6. The van der Waals surface area contributed by atoms with Gasteiger partial charge in [-0.3, -0.25) is 0 Å². The molecule has 0 aliphatic rings. The van der Waals surface area contributed by atoms with Crippen LogP contribution in [-0.2, 0) is 19.0 Å². The van der Waals surface area contributed by atoms with Crippen LogP contribution in [0.25, 0.3) is 0 Å². The zero-order valence-electron chi connectivity index (χ0n) is 9.79. The minimum Gasteiger partial charge on any atom is -0.246 e. The van der Waals surface area contributed by atoms with Crippen LogP contribution >= 0.6 is 11.3 Å². The summed E-state index contributed by atoms with van der Waals surface area (Å²) in [4.78, 5) is 4.35. The van der Waals surface area contributed by atoms with E-state index in [-0.39, 0.29) is 0 Å². The van der Waals surface area contributed by atoms with Gasteiger partial charge in [-0.25, -0.2) is 4.98 Å². The van der Waals surface area contributed by atoms with Gasteiger partial charge in [0.1, 0.15) is 0 Å². The van der Waals surface area contributed by atoms with Crippen molar-refractivity contribution in [3.63, 3.8) is 0 Å². The van der Waals surface area contributed by atoms with E-state index in [0.29, 0.717) is 12.0 Å². The van der Waals surface area contributed by atoms with E-state index in [1.54, 1.807) is 6.07 Å². The molecule has 1 heterocycles. The van der Waals surface area contributed by atoms with Crippen molar-refractivity contribution in [3.05, 3.63) is 51.5 Å². The number of benzene rings is 1. The van der Waals surface area contributed by atoms with Crippen LogP contribution in [0.4, 0.5) is 13.2 Å². The fraction of sp³-hybridized carbons (Fsp3) is 0.308. The quantitative estimate of drug-likeness (QED) is 0.810. The maximum absolute atomic E-state index is 12.6. The van der Waals surface area contributed by atoms with Crippen LogP contribution in [0.3, 0.4) is 0 Å². The molecular weight excluding hydrogens is 259 g/mol. The molecule has 2 aromatic rings. The molecule has 1 aromatic heterocycles. The fourth-order valence-electron chi connectivity index (χ4n) is 1.62. The predicted octanol–water partition coefficient (Wildman–Crippen LogP) is 4.32. The van der Waals surface area contributed by atoms with E-state index in [1.165, 1.54) is 23.5 Å². The van der Waals surface area contributed by atoms with Crippen LogP contribution in [0.5, 0.6) is 0 Å². The van der Waals surface area contributed by atoms with Crippen molar-refractivity contribution in [1.29, 1.82) is 0 Å². The van der Waals surface area contributed by atoms with Crippen molar-refractivity contribution in [2.24, 2.45) is 0 Å². The average Bonchev–Trinajstić information content (AvgIpc) is 2.76. The summed E-state index contributed by atoms with van der Waals surface area (Å²) in [5.74, 6) is 0. The normalized spacial score (nSPS) is 11.8. The van der Waals surface area contributed by atoms with Gasteiger partial charge in [-0.05, 0) is 18.1 Å². The smallest absolute Gasteiger partial charge is 0.246 e. The number of nitrogens with zero attached hydrogens (tertiary/aromatic N) is 1. The highest BCUT2D eigenvalue weighted by molar-refractivity contribution is 7.09. The van der Waals surface area contributed by atoms with E-state index in [2.05, 4.69) is 4.98 Å². The largest absolute Gasteiger partial charge is 0.416 e. The third-order valence-corrected chi connectivity index (χ3v) is 3.47. The number of halogens is 3. The second-order valence-electron chi connectivity index (χ2n) is 3.96. The summed E-state index contributed by atoms with van der Waals surface area (Å²) in [6, 6.07) is 5.41. The lowest BCUT2D eigenvalue weighted by molar-refractivity contribution is -0.137. The highest BCUT2D eigenvalue weighted by Crippen LogP contribution is 2.30. The van der Waals surface area contributed by atoms with Gasteiger partial charge in [0, 0.05) is 11.8 Å². The molecule has 1 nitrogen and oxygen atoms in total. The van der Waals surface area contributed by atoms with E-state index in [4.69, 9.17) is 0 Å². The van der Waals surface area contributed by atoms with Gasteiger partial charge in [0.05, 0.1) is 16.3 Å². The minimum absolute atomic E-state index is 0.453. The third kappa shape index (κ3) is 3.10. The first-order valence-corrected chi connectivity index (χ1v) is 6.46. The summed E-state index contributed by atoms with van der Waals surface area (Å²) in [5.41, 5.74) is 1.02. The lowest BCUT2D eigenvalue weighted by atomic mass is 10.1. The van der Waals surface area contributed by atoms with Gasteiger partial charge in [0.2, 0.25) is 0 Å². The Kier molecular flexibility index (Phi) is 3.71. The van der Waals surface area contributed by atoms with E-state index in [0.717, 1.165) is 23.2 Å². The van der Waals surface area contributed by atoms with Crippen LogP contribution in [-0.4, -0.2) is 4.98 Å². The van der Waals surface area contributed by atoms with E-state index in [1.807, 2.05) is 12.3 Å². The van der Waals surface area contributed by atoms with Crippen LogP contribution in [0, 0.1) is 0 Å². The molecular formula is C13H12F3NS. The number of aryl methyl sites for hydroxylation is 1. The van der Waals surface area contributed by atoms with Gasteiger partial charge in [-0.2, -0.15) is 13.2 Å². The summed E-state index contributed by atoms with van der Waals surface area (Å²) in [6.45, 7) is 2.00. The van der Waals surface area contributed by atoms with Crippen molar-refractivity contribution in [2.45, 2.75) is 25.9 Å². The topological polar surface area (TPSA) is 12.9 Å². The maximum Gasteiger partial charge on any atom is 0.416 e. The summed E-state index contributed by atoms with van der Waals surface area (Å²) >= 11 is 1.49. The van der Waals surface area contributed by atoms with Crippen LogP contribution in [0.1, 0.15) is 28.8 Å². The Labute approximate surface area is 107 Å². The molecule has 18 heavy (non-hydrogen) atoms. The van der Waals surface area contributed by atoms with Gasteiger partial charge in [-0.1, -0.05) is 25.1 Å². The first kappa shape index (κ1) is 13.1. The van der Waals surface area contributed by atoms with Crippen LogP contribution in [0.15, 0.2) is 29.6 Å². The molecule has 1 aromatic carbocycles. The second kappa shape index (κ2) is 5.10. The Bertz CT molecular complexity index is 531. The number of aromatic nitrogens is 1. The molecule has 0 aliphatic carbocycles. The molecule has 96 valence electrons. The highest BCUT2D eigenvalue weighted by Gasteiger charge is 2.30. The summed E-state index contributed by atoms with van der Waals surface area (Å²) in [5, 5.41) is 2.80. The first-order chi connectivity index (χ1) is 8.49. The number of hydrogen-bond donors (Lipinski definition) is 0. The van der Waals surface area contributed by atoms with Gasteiger partial charge in [0.25, 0.3) is 0 Å². The standard InChI is InChI=1S/C13H12F3NS/c1-2-11-8-18-12(17-11)7-9-4-3-5-10(6-9)13(14,15)16/h3-6,8H,2,7H2,1H3. The SMILES string of the molecule is CCc1csc(Cc2cccc(C(F)(F)F)c2)n1. The summed E-state index contributed by atoms with van der Waals surface area (Å²) < 4.78 is 37.7. The zero-order valence-corrected chi connectivity index (χ0v) is 10.6. The fourth-order valence-corrected chi connectivity index (χ4v) is 2.54. The van der Waals surface area contributed by atoms with Crippen LogP contribution in [0.2, 0.25) is 0 Å². The number of hydrogen-bond acceptors (Lipinski definition) is 2. The monoisotopic (exact) mass is 271 g/mol. The number of rotatable bonds is 3. The molecule has 0 fully saturated rings. The molecule has 0 atom stereocenters. The predicted molar refractivity (Wildman–Crippen MR) is 65.7 cm³/mol. The number of alkyl halides is 3. The molecule has 2 rings (SSSR count). The summed E-state index contributed by atoms with van der Waals surface area (Å²) in [7, 11) is 0. The molecule has 0 radical (unpaired) electrons. The molecule has 0 amide bonds. The minimum atomic E-state index is -4.28. The highest BCUT2D eigenvalue weighted by atomic mass is 32.1. The van der Waals surface area contributed by atoms with Gasteiger partial charge >= 0.3 is 6.18 Å². The molecule has 0 N–H and O–H groups in total. The molecule has 0 bridgehead atoms. The number of thiazole rings is 1. The lowest BCUT2D eigenvalue weighted by Gasteiger charge is -2.07. The van der Waals surface area contributed by atoms with Crippen molar-refractivity contribution >= 4 is 11.3 Å². The Morgan fingerprint density at radius 3 is 2.67 bits per heavy atom. The van der Waals surface area contributed by atoms with E-state index >= 15 is 0 Å². The summed E-state index contributed by atoms with van der Waals surface area (Å²) in [6.07, 6.45) is -2.98. The molecule has 5 heteroatoms. The average molecular weight is 271 g/mol. The van der Waals surface area contributed by atoms with Crippen LogP contribution < -0.4 is 0 Å². The van der Waals surface area contributed by atoms with Crippen molar-refractivity contribution < 1.29 is 13.2 Å². The van der Waals surface area contributed by atoms with E-state index in [9.17, 15) is 13.2 Å². The molecule has 0 aliphatic heterocycles. The third-order valence-electron chi connectivity index (χ3n) is 2.57. The Morgan fingerprint density at radius 1 is 1.28 bits per heavy atom. The van der Waals surface area contributed by atoms with Gasteiger partial charge in [-0.15, -0.1) is 11.3 Å². The van der Waals surface area contributed by atoms with Gasteiger partial charge < -0.3 is 0 Å². The first-order valence-electron chi connectivity index (χ1n) is 5.58.